The van der Waals surface area contributed by atoms with Crippen LogP contribution in [0.1, 0.15) is 28.7 Å². The van der Waals surface area contributed by atoms with Gasteiger partial charge in [0, 0.05) is 30.9 Å². The van der Waals surface area contributed by atoms with Gasteiger partial charge in [-0.1, -0.05) is 36.4 Å². The molecule has 1 aliphatic heterocycles. The average Bonchev–Trinajstić information content (AvgIpc) is 3.68. The van der Waals surface area contributed by atoms with Gasteiger partial charge < -0.3 is 0 Å². The maximum Gasteiger partial charge on any atom is 0.264 e. The predicted molar refractivity (Wildman–Crippen MR) is 147 cm³/mol. The number of rotatable bonds is 6. The first-order valence-corrected chi connectivity index (χ1v) is 14.1. The summed E-state index contributed by atoms with van der Waals surface area (Å²) in [6, 6.07) is 24.0. The molecule has 1 atom stereocenters. The highest BCUT2D eigenvalue weighted by Gasteiger charge is 2.45. The van der Waals surface area contributed by atoms with E-state index < -0.39 is 15.4 Å². The van der Waals surface area contributed by atoms with Crippen LogP contribution in [0.2, 0.25) is 0 Å². The van der Waals surface area contributed by atoms with Crippen molar-refractivity contribution in [2.24, 2.45) is 7.05 Å². The molecule has 3 aromatic carbocycles. The second-order valence-corrected chi connectivity index (χ2v) is 12.0. The van der Waals surface area contributed by atoms with Crippen LogP contribution < -0.4 is 0 Å². The smallest absolute Gasteiger partial charge is 0.233 e. The summed E-state index contributed by atoms with van der Waals surface area (Å²) in [5.41, 5.74) is 5.22. The molecule has 1 saturated heterocycles. The highest BCUT2D eigenvalue weighted by Crippen LogP contribution is 2.42. The molecule has 3 heterocycles. The number of nitrogens with zero attached hydrogens (tertiary/aromatic N) is 7. The third-order valence-electron chi connectivity index (χ3n) is 7.59. The molecule has 39 heavy (non-hydrogen) atoms. The Balaban J connectivity index is 1.44. The van der Waals surface area contributed by atoms with Gasteiger partial charge in [0.25, 0.3) is 10.0 Å². The third kappa shape index (κ3) is 4.39. The zero-order valence-corrected chi connectivity index (χ0v) is 22.5. The molecule has 0 bridgehead atoms. The lowest BCUT2D eigenvalue weighted by molar-refractivity contribution is 0.412. The van der Waals surface area contributed by atoms with Crippen molar-refractivity contribution in [3.05, 3.63) is 101 Å². The molecule has 196 valence electrons. The number of fused-ring (bicyclic) bond motifs is 1. The van der Waals surface area contributed by atoms with Gasteiger partial charge in [-0.25, -0.2) is 13.1 Å². The van der Waals surface area contributed by atoms with E-state index in [1.54, 1.807) is 17.4 Å². The van der Waals surface area contributed by atoms with Gasteiger partial charge in [0.15, 0.2) is 0 Å². The minimum Gasteiger partial charge on any atom is -0.233 e. The largest absolute Gasteiger partial charge is 0.264 e. The number of aryl methyl sites for hydroxylation is 2. The topological polar surface area (TPSA) is 110 Å². The lowest BCUT2D eigenvalue weighted by Crippen LogP contribution is -2.36. The Morgan fingerprint density at radius 3 is 2.59 bits per heavy atom. The summed E-state index contributed by atoms with van der Waals surface area (Å²) in [6.45, 7) is 2.80. The third-order valence-corrected chi connectivity index (χ3v) is 9.30. The number of hydrogen-bond donors (Lipinski definition) is 0. The Bertz CT molecular complexity index is 1840. The summed E-state index contributed by atoms with van der Waals surface area (Å²) in [5.74, 6) is 0. The molecule has 1 unspecified atom stereocenters. The van der Waals surface area contributed by atoms with Crippen molar-refractivity contribution in [3.63, 3.8) is 0 Å². The fourth-order valence-electron chi connectivity index (χ4n) is 5.73. The van der Waals surface area contributed by atoms with Gasteiger partial charge in [-0.3, -0.25) is 0 Å². The van der Waals surface area contributed by atoms with E-state index >= 15 is 0 Å². The molecule has 0 amide bonds. The van der Waals surface area contributed by atoms with Gasteiger partial charge in [-0.2, -0.15) is 24.6 Å². The van der Waals surface area contributed by atoms with Crippen LogP contribution in [0.5, 0.6) is 0 Å². The molecule has 6 rings (SSSR count). The van der Waals surface area contributed by atoms with Crippen LogP contribution in [0.15, 0.2) is 84.1 Å². The molecule has 0 aliphatic carbocycles. The fourth-order valence-corrected chi connectivity index (χ4v) is 7.14. The van der Waals surface area contributed by atoms with E-state index in [9.17, 15) is 13.7 Å². The monoisotopic (exact) mass is 537 g/mol. The lowest BCUT2D eigenvalue weighted by Gasteiger charge is -2.32. The molecule has 0 saturated carbocycles. The zero-order chi connectivity index (χ0) is 27.2. The van der Waals surface area contributed by atoms with Crippen LogP contribution in [-0.2, 0) is 28.9 Å². The summed E-state index contributed by atoms with van der Waals surface area (Å²) in [7, 11) is -2.18. The SMILES string of the molecule is Cc1cc2c(cnn2-c2cccc(C#N)c2)cc1C1(Cc2ccccc2)CCN(S(=O)(=O)c2cnn(C)n2)C1. The van der Waals surface area contributed by atoms with Crippen molar-refractivity contribution in [3.8, 4) is 11.8 Å². The Hall–Kier alpha value is -4.33. The van der Waals surface area contributed by atoms with E-state index in [1.807, 2.05) is 47.3 Å². The Kier molecular flexibility index (Phi) is 6.05. The molecule has 2 aromatic heterocycles. The summed E-state index contributed by atoms with van der Waals surface area (Å²) < 4.78 is 30.4. The van der Waals surface area contributed by atoms with Crippen molar-refractivity contribution in [1.82, 2.24) is 29.1 Å². The number of benzene rings is 3. The van der Waals surface area contributed by atoms with Gasteiger partial charge in [-0.05, 0) is 66.8 Å². The fraction of sp³-hybridized carbons (Fsp3) is 0.241. The average molecular weight is 538 g/mol. The van der Waals surface area contributed by atoms with Crippen molar-refractivity contribution < 1.29 is 8.42 Å². The summed E-state index contributed by atoms with van der Waals surface area (Å²) in [5, 5.41) is 23.0. The van der Waals surface area contributed by atoms with Gasteiger partial charge in [0.2, 0.25) is 5.03 Å². The Labute approximate surface area is 227 Å². The van der Waals surface area contributed by atoms with E-state index in [0.29, 0.717) is 31.5 Å². The van der Waals surface area contributed by atoms with E-state index in [-0.39, 0.29) is 5.03 Å². The van der Waals surface area contributed by atoms with Crippen molar-refractivity contribution >= 4 is 20.9 Å². The highest BCUT2D eigenvalue weighted by atomic mass is 32.2. The second-order valence-electron chi connectivity index (χ2n) is 10.1. The Morgan fingerprint density at radius 2 is 1.85 bits per heavy atom. The minimum atomic E-state index is -3.79. The van der Waals surface area contributed by atoms with Gasteiger partial charge in [0.05, 0.1) is 35.2 Å². The zero-order valence-electron chi connectivity index (χ0n) is 21.7. The van der Waals surface area contributed by atoms with Crippen LogP contribution in [0.3, 0.4) is 0 Å². The quantitative estimate of drug-likeness (QED) is 0.325. The van der Waals surface area contributed by atoms with Crippen LogP contribution in [-0.4, -0.2) is 50.6 Å². The van der Waals surface area contributed by atoms with E-state index in [0.717, 1.165) is 33.3 Å². The first-order chi connectivity index (χ1) is 18.8. The normalized spacial score (nSPS) is 18.0. The van der Waals surface area contributed by atoms with E-state index in [1.165, 1.54) is 11.0 Å². The molecule has 0 N–H and O–H groups in total. The van der Waals surface area contributed by atoms with Crippen LogP contribution in [0.25, 0.3) is 16.6 Å². The van der Waals surface area contributed by atoms with Crippen molar-refractivity contribution in [1.29, 1.82) is 5.26 Å². The number of aromatic nitrogens is 5. The summed E-state index contributed by atoms with van der Waals surface area (Å²) >= 11 is 0. The van der Waals surface area contributed by atoms with E-state index in [4.69, 9.17) is 0 Å². The number of hydrogen-bond acceptors (Lipinski definition) is 6. The molecular formula is C29H27N7O2S. The molecule has 9 nitrogen and oxygen atoms in total. The van der Waals surface area contributed by atoms with E-state index in [2.05, 4.69) is 52.6 Å². The van der Waals surface area contributed by atoms with Gasteiger partial charge in [0.1, 0.15) is 0 Å². The number of nitriles is 1. The maximum absolute atomic E-state index is 13.5. The molecule has 1 aliphatic rings. The lowest BCUT2D eigenvalue weighted by atomic mass is 9.73. The molecule has 1 fully saturated rings. The Morgan fingerprint density at radius 1 is 1.03 bits per heavy atom. The van der Waals surface area contributed by atoms with Crippen molar-refractivity contribution in [2.75, 3.05) is 13.1 Å². The van der Waals surface area contributed by atoms with Crippen LogP contribution >= 0.6 is 0 Å². The highest BCUT2D eigenvalue weighted by molar-refractivity contribution is 7.89. The van der Waals surface area contributed by atoms with Gasteiger partial charge >= 0.3 is 0 Å². The minimum absolute atomic E-state index is 0.0337. The van der Waals surface area contributed by atoms with Crippen LogP contribution in [0.4, 0.5) is 0 Å². The van der Waals surface area contributed by atoms with Crippen molar-refractivity contribution in [2.45, 2.75) is 30.2 Å². The second kappa shape index (κ2) is 9.45. The standard InChI is InChI=1S/C29H27N7O2S/c1-21-13-27-24(18-32-36(27)25-10-6-9-23(14-25)17-30)15-26(21)29(16-22-7-4-3-5-8-22)11-12-35(20-29)39(37,38)28-19-31-34(2)33-28/h3-10,13-15,18-19H,11-12,16,20H2,1-2H3. The maximum atomic E-state index is 13.5. The molecule has 0 radical (unpaired) electrons. The molecule has 5 aromatic rings. The first kappa shape index (κ1) is 25.0. The summed E-state index contributed by atoms with van der Waals surface area (Å²) in [6.07, 6.45) is 4.51. The molecule has 0 spiro atoms. The molecule has 10 heteroatoms. The predicted octanol–water partition coefficient (Wildman–Crippen LogP) is 3.91. The molecular weight excluding hydrogens is 510 g/mol. The van der Waals surface area contributed by atoms with Crippen LogP contribution in [0, 0.1) is 18.3 Å². The summed E-state index contributed by atoms with van der Waals surface area (Å²) in [4.78, 5) is 1.27. The number of sulfonamides is 1. The van der Waals surface area contributed by atoms with Gasteiger partial charge in [-0.15, -0.1) is 5.10 Å². The first-order valence-electron chi connectivity index (χ1n) is 12.7.